The summed E-state index contributed by atoms with van der Waals surface area (Å²) in [6.07, 6.45) is 2.74. The number of halogens is 2. The number of hydrogen-bond acceptors (Lipinski definition) is 4. The maximum Gasteiger partial charge on any atom is 0.284 e. The zero-order valence-electron chi connectivity index (χ0n) is 12.7. The lowest BCUT2D eigenvalue weighted by molar-refractivity contribution is -0.486. The van der Waals surface area contributed by atoms with Crippen molar-refractivity contribution in [3.8, 4) is 0 Å². The predicted molar refractivity (Wildman–Crippen MR) is 90.0 cm³/mol. The Hall–Kier alpha value is -2.16. The molecular weight excluding hydrogens is 359 g/mol. The normalized spacial score (nSPS) is 16.9. The summed E-state index contributed by atoms with van der Waals surface area (Å²) in [7, 11) is 0. The van der Waals surface area contributed by atoms with E-state index in [1.54, 1.807) is 25.1 Å². The summed E-state index contributed by atoms with van der Waals surface area (Å²) >= 11 is 11.9. The highest BCUT2D eigenvalue weighted by Gasteiger charge is 2.30. The molecule has 128 valence electrons. The monoisotopic (exact) mass is 372 g/mol. The van der Waals surface area contributed by atoms with Gasteiger partial charge in [0.1, 0.15) is 18.6 Å². The lowest BCUT2D eigenvalue weighted by Gasteiger charge is -2.34. The predicted octanol–water partition coefficient (Wildman–Crippen LogP) is 2.65. The minimum Gasteiger partial charge on any atom is -0.340 e. The van der Waals surface area contributed by atoms with Crippen molar-refractivity contribution in [3.63, 3.8) is 0 Å². The third-order valence-corrected chi connectivity index (χ3v) is 3.74. The highest BCUT2D eigenvalue weighted by molar-refractivity contribution is 6.35. The van der Waals surface area contributed by atoms with E-state index in [1.165, 1.54) is 17.1 Å². The number of carbonyl (C=O) groups is 1. The van der Waals surface area contributed by atoms with Crippen LogP contribution in [0.2, 0.25) is 10.0 Å². The molecule has 1 aromatic carbocycles. The van der Waals surface area contributed by atoms with Gasteiger partial charge < -0.3 is 9.64 Å². The van der Waals surface area contributed by atoms with Gasteiger partial charge in [-0.2, -0.15) is 0 Å². The summed E-state index contributed by atoms with van der Waals surface area (Å²) in [5.74, 6) is -0.578. The van der Waals surface area contributed by atoms with Gasteiger partial charge in [-0.3, -0.25) is 4.79 Å². The molecule has 0 aromatic heterocycles. The van der Waals surface area contributed by atoms with Crippen molar-refractivity contribution in [2.75, 3.05) is 20.0 Å². The van der Waals surface area contributed by atoms with Gasteiger partial charge in [-0.15, -0.1) is 0 Å². The molecule has 0 saturated carbocycles. The van der Waals surface area contributed by atoms with Gasteiger partial charge in [0.05, 0.1) is 0 Å². The Bertz CT molecular complexity index is 708. The Balaban J connectivity index is 2.22. The summed E-state index contributed by atoms with van der Waals surface area (Å²) in [5.41, 5.74) is 0.590. The molecule has 0 atom stereocenters. The van der Waals surface area contributed by atoms with E-state index in [4.69, 9.17) is 27.9 Å². The van der Waals surface area contributed by atoms with E-state index in [9.17, 15) is 14.9 Å². The quantitative estimate of drug-likeness (QED) is 0.460. The van der Waals surface area contributed by atoms with Crippen LogP contribution in [0.25, 0.3) is 6.08 Å². The van der Waals surface area contributed by atoms with Crippen molar-refractivity contribution in [2.45, 2.75) is 6.92 Å². The number of guanidine groups is 1. The lowest BCUT2D eigenvalue weighted by Crippen LogP contribution is -2.53. The zero-order chi connectivity index (χ0) is 17.7. The van der Waals surface area contributed by atoms with Crippen molar-refractivity contribution in [2.24, 2.45) is 5.10 Å². The third-order valence-electron chi connectivity index (χ3n) is 3.18. The van der Waals surface area contributed by atoms with Gasteiger partial charge in [0.15, 0.2) is 5.03 Å². The molecule has 1 aliphatic heterocycles. The van der Waals surface area contributed by atoms with Crippen molar-refractivity contribution < 1.29 is 14.6 Å². The molecule has 0 N–H and O–H groups in total. The molecule has 8 nitrogen and oxygen atoms in total. The van der Waals surface area contributed by atoms with Crippen LogP contribution in [0.4, 0.5) is 0 Å². The summed E-state index contributed by atoms with van der Waals surface area (Å²) < 4.78 is 5.26. The van der Waals surface area contributed by atoms with E-state index in [2.05, 4.69) is 5.10 Å². The summed E-state index contributed by atoms with van der Waals surface area (Å²) in [5, 5.41) is 14.0. The molecule has 1 heterocycles. The molecule has 1 amide bonds. The van der Waals surface area contributed by atoms with Crippen molar-refractivity contribution in [1.29, 1.82) is 0 Å². The van der Waals surface area contributed by atoms with Gasteiger partial charge in [0.25, 0.3) is 11.9 Å². The van der Waals surface area contributed by atoms with Gasteiger partial charge in [0, 0.05) is 22.7 Å². The molecule has 1 saturated heterocycles. The fraction of sp³-hybridized carbons (Fsp3) is 0.286. The van der Waals surface area contributed by atoms with Gasteiger partial charge in [-0.05, 0) is 30.7 Å². The van der Waals surface area contributed by atoms with Crippen LogP contribution in [0, 0.1) is 10.1 Å². The molecule has 0 unspecified atom stereocenters. The molecular formula is C14H14Cl2N4O4. The molecule has 0 aliphatic carbocycles. The number of hydrazone groups is 1. The molecule has 0 bridgehead atoms. The average molecular weight is 373 g/mol. The molecule has 0 spiro atoms. The van der Waals surface area contributed by atoms with Crippen LogP contribution in [-0.4, -0.2) is 46.7 Å². The molecule has 1 fully saturated rings. The smallest absolute Gasteiger partial charge is 0.284 e. The fourth-order valence-corrected chi connectivity index (χ4v) is 2.47. The average Bonchev–Trinajstić information content (AvgIpc) is 2.53. The van der Waals surface area contributed by atoms with Crippen LogP contribution >= 0.6 is 23.2 Å². The van der Waals surface area contributed by atoms with Crippen LogP contribution in [0.15, 0.2) is 29.4 Å². The maximum atomic E-state index is 12.4. The molecule has 1 aromatic rings. The Kier molecular flexibility index (Phi) is 6.13. The Labute approximate surface area is 148 Å². The van der Waals surface area contributed by atoms with Crippen molar-refractivity contribution >= 4 is 41.1 Å². The Morgan fingerprint density at radius 2 is 2.21 bits per heavy atom. The standard InChI is InChI=1S/C14H14Cl2N4O4/c1-2-18-8-24-9-19(14(18)17-20(22)23)13(21)6-4-10-3-5-11(15)7-12(10)16/h3-7H,2,8-9H2,1H3/b6-4+,17-14+. The van der Waals surface area contributed by atoms with Crippen LogP contribution in [0.5, 0.6) is 0 Å². The second-order valence-electron chi connectivity index (χ2n) is 4.72. The molecule has 24 heavy (non-hydrogen) atoms. The van der Waals surface area contributed by atoms with Crippen LogP contribution in [-0.2, 0) is 9.53 Å². The van der Waals surface area contributed by atoms with Crippen LogP contribution in [0.3, 0.4) is 0 Å². The fourth-order valence-electron chi connectivity index (χ4n) is 2.00. The second kappa shape index (κ2) is 8.09. The molecule has 1 aliphatic rings. The minimum atomic E-state index is -0.844. The van der Waals surface area contributed by atoms with Gasteiger partial charge >= 0.3 is 0 Å². The van der Waals surface area contributed by atoms with Gasteiger partial charge in [-0.1, -0.05) is 29.3 Å². The first-order valence-electron chi connectivity index (χ1n) is 6.92. The number of ether oxygens (including phenoxy) is 1. The largest absolute Gasteiger partial charge is 0.340 e. The number of nitro groups is 1. The van der Waals surface area contributed by atoms with Gasteiger partial charge in [0.2, 0.25) is 0 Å². The third kappa shape index (κ3) is 4.44. The highest BCUT2D eigenvalue weighted by Crippen LogP contribution is 2.22. The maximum absolute atomic E-state index is 12.4. The van der Waals surface area contributed by atoms with E-state index in [-0.39, 0.29) is 19.4 Å². The van der Waals surface area contributed by atoms with Crippen LogP contribution < -0.4 is 0 Å². The summed E-state index contributed by atoms with van der Waals surface area (Å²) in [6, 6.07) is 4.85. The second-order valence-corrected chi connectivity index (χ2v) is 5.57. The van der Waals surface area contributed by atoms with Crippen LogP contribution in [0.1, 0.15) is 12.5 Å². The minimum absolute atomic E-state index is 0.0643. The van der Waals surface area contributed by atoms with Crippen molar-refractivity contribution in [1.82, 2.24) is 9.80 Å². The first kappa shape index (κ1) is 18.2. The van der Waals surface area contributed by atoms with E-state index in [1.807, 2.05) is 0 Å². The number of amides is 1. The Morgan fingerprint density at radius 1 is 1.46 bits per heavy atom. The summed E-state index contributed by atoms with van der Waals surface area (Å²) in [4.78, 5) is 25.6. The molecule has 10 heteroatoms. The highest BCUT2D eigenvalue weighted by atomic mass is 35.5. The van der Waals surface area contributed by atoms with E-state index < -0.39 is 10.9 Å². The molecule has 0 radical (unpaired) electrons. The lowest BCUT2D eigenvalue weighted by atomic mass is 10.2. The number of rotatable bonds is 4. The van der Waals surface area contributed by atoms with E-state index in [0.29, 0.717) is 22.2 Å². The topological polar surface area (TPSA) is 88.3 Å². The Morgan fingerprint density at radius 3 is 2.83 bits per heavy atom. The SMILES string of the molecule is CCN1COCN(C(=O)/C=C/c2ccc(Cl)cc2Cl)/C1=N/[N+](=O)[O-]. The van der Waals surface area contributed by atoms with Gasteiger partial charge in [-0.25, -0.2) is 15.0 Å². The number of nitrogens with zero attached hydrogens (tertiary/aromatic N) is 4. The number of hydrogen-bond donors (Lipinski definition) is 0. The van der Waals surface area contributed by atoms with E-state index >= 15 is 0 Å². The summed E-state index contributed by atoms with van der Waals surface area (Å²) in [6.45, 7) is 2.18. The van der Waals surface area contributed by atoms with E-state index in [0.717, 1.165) is 4.90 Å². The first-order valence-corrected chi connectivity index (χ1v) is 7.68. The number of carbonyl (C=O) groups excluding carboxylic acids is 1. The first-order chi connectivity index (χ1) is 11.4. The van der Waals surface area contributed by atoms with Crippen molar-refractivity contribution in [3.05, 3.63) is 50.0 Å². The number of benzene rings is 1. The zero-order valence-corrected chi connectivity index (χ0v) is 14.2. The molecule has 2 rings (SSSR count).